The molecule has 0 bridgehead atoms. The minimum Gasteiger partial charge on any atom is -0.399 e. The van der Waals surface area contributed by atoms with Gasteiger partial charge in [0.15, 0.2) is 0 Å². The maximum absolute atomic E-state index is 13.4. The molecule has 0 atom stereocenters. The van der Waals surface area contributed by atoms with E-state index in [0.29, 0.717) is 0 Å². The monoisotopic (exact) mass is 298 g/mol. The van der Waals surface area contributed by atoms with Crippen LogP contribution in [0.1, 0.15) is 0 Å². The highest BCUT2D eigenvalue weighted by Crippen LogP contribution is 2.16. The van der Waals surface area contributed by atoms with Crippen molar-refractivity contribution in [2.45, 2.75) is 11.3 Å². The van der Waals surface area contributed by atoms with Crippen molar-refractivity contribution in [1.29, 1.82) is 0 Å². The Bertz CT molecular complexity index is 523. The number of benzene rings is 1. The summed E-state index contributed by atoms with van der Waals surface area (Å²) in [6.45, 7) is -1.25. The summed E-state index contributed by atoms with van der Waals surface area (Å²) in [4.78, 5) is -0.560. The minimum absolute atomic E-state index is 0.0942. The molecule has 5 nitrogen and oxygen atoms in total. The second-order valence-corrected chi connectivity index (χ2v) is 5.29. The minimum atomic E-state index is -4.06. The molecular weight excluding hydrogens is 285 g/mol. The van der Waals surface area contributed by atoms with Gasteiger partial charge in [0.05, 0.1) is 6.61 Å². The topological polar surface area (TPSA) is 81.4 Å². The molecule has 108 valence electrons. The average Bonchev–Trinajstić information content (AvgIpc) is 2.27. The summed E-state index contributed by atoms with van der Waals surface area (Å²) in [5.74, 6) is -0.985. The van der Waals surface area contributed by atoms with Crippen LogP contribution < -0.4 is 10.5 Å². The van der Waals surface area contributed by atoms with Crippen LogP contribution in [-0.2, 0) is 14.8 Å². The zero-order valence-corrected chi connectivity index (χ0v) is 10.6. The lowest BCUT2D eigenvalue weighted by Crippen LogP contribution is -2.28. The van der Waals surface area contributed by atoms with Crippen molar-refractivity contribution in [1.82, 2.24) is 4.72 Å². The Balaban J connectivity index is 2.56. The smallest absolute Gasteiger partial charge is 0.261 e. The van der Waals surface area contributed by atoms with Crippen molar-refractivity contribution in [3.63, 3.8) is 0 Å². The number of hydrogen-bond donors (Lipinski definition) is 2. The SMILES string of the molecule is Nc1ccc(S(=O)(=O)NCCOCC(F)F)c(F)c1. The highest BCUT2D eigenvalue weighted by atomic mass is 32.2. The highest BCUT2D eigenvalue weighted by Gasteiger charge is 2.18. The molecule has 0 amide bonds. The van der Waals surface area contributed by atoms with Gasteiger partial charge in [0, 0.05) is 12.2 Å². The predicted octanol–water partition coefficient (Wildman–Crippen LogP) is 0.968. The van der Waals surface area contributed by atoms with Gasteiger partial charge in [-0.3, -0.25) is 0 Å². The van der Waals surface area contributed by atoms with Crippen molar-refractivity contribution in [2.24, 2.45) is 0 Å². The van der Waals surface area contributed by atoms with Gasteiger partial charge < -0.3 is 10.5 Å². The van der Waals surface area contributed by atoms with Gasteiger partial charge in [0.25, 0.3) is 6.43 Å². The van der Waals surface area contributed by atoms with E-state index in [9.17, 15) is 21.6 Å². The fraction of sp³-hybridized carbons (Fsp3) is 0.400. The van der Waals surface area contributed by atoms with Crippen molar-refractivity contribution < 1.29 is 26.3 Å². The largest absolute Gasteiger partial charge is 0.399 e. The van der Waals surface area contributed by atoms with Gasteiger partial charge in [-0.15, -0.1) is 0 Å². The van der Waals surface area contributed by atoms with E-state index in [0.717, 1.165) is 12.1 Å². The van der Waals surface area contributed by atoms with Gasteiger partial charge in [-0.05, 0) is 18.2 Å². The Morgan fingerprint density at radius 3 is 2.63 bits per heavy atom. The third kappa shape index (κ3) is 5.05. The Hall–Kier alpha value is -1.32. The molecule has 0 saturated heterocycles. The van der Waals surface area contributed by atoms with E-state index in [1.165, 1.54) is 6.07 Å². The fourth-order valence-electron chi connectivity index (χ4n) is 1.23. The average molecular weight is 298 g/mol. The molecular formula is C10H13F3N2O3S. The fourth-order valence-corrected chi connectivity index (χ4v) is 2.30. The number of ether oxygens (including phenoxy) is 1. The number of halogens is 3. The summed E-state index contributed by atoms with van der Waals surface area (Å²) >= 11 is 0. The van der Waals surface area contributed by atoms with E-state index in [1.54, 1.807) is 0 Å². The molecule has 0 aliphatic carbocycles. The van der Waals surface area contributed by atoms with E-state index in [1.807, 2.05) is 4.72 Å². The first-order chi connectivity index (χ1) is 8.83. The molecule has 19 heavy (non-hydrogen) atoms. The molecule has 0 saturated carbocycles. The molecule has 0 spiro atoms. The van der Waals surface area contributed by atoms with E-state index >= 15 is 0 Å². The first-order valence-electron chi connectivity index (χ1n) is 5.23. The van der Waals surface area contributed by atoms with Crippen LogP contribution in [0.25, 0.3) is 0 Å². The third-order valence-electron chi connectivity index (χ3n) is 2.03. The Labute approximate surface area is 108 Å². The van der Waals surface area contributed by atoms with Crippen LogP contribution in [0.2, 0.25) is 0 Å². The second-order valence-electron chi connectivity index (χ2n) is 3.55. The summed E-state index contributed by atoms with van der Waals surface area (Å²) in [5, 5.41) is 0. The molecule has 1 rings (SSSR count). The van der Waals surface area contributed by atoms with E-state index in [4.69, 9.17) is 5.73 Å². The first-order valence-corrected chi connectivity index (χ1v) is 6.72. The first kappa shape index (κ1) is 15.7. The maximum Gasteiger partial charge on any atom is 0.261 e. The van der Waals surface area contributed by atoms with Crippen LogP contribution in [0.15, 0.2) is 23.1 Å². The Kier molecular flexibility index (Phi) is 5.58. The van der Waals surface area contributed by atoms with Gasteiger partial charge in [-0.25, -0.2) is 26.3 Å². The van der Waals surface area contributed by atoms with Crippen LogP contribution >= 0.6 is 0 Å². The van der Waals surface area contributed by atoms with Gasteiger partial charge >= 0.3 is 0 Å². The lowest BCUT2D eigenvalue weighted by Gasteiger charge is -2.08. The normalized spacial score (nSPS) is 12.0. The molecule has 3 N–H and O–H groups in total. The molecule has 0 aliphatic heterocycles. The third-order valence-corrected chi connectivity index (χ3v) is 3.52. The predicted molar refractivity (Wildman–Crippen MR) is 62.8 cm³/mol. The van der Waals surface area contributed by atoms with Gasteiger partial charge in [0.2, 0.25) is 10.0 Å². The zero-order valence-electron chi connectivity index (χ0n) is 9.77. The van der Waals surface area contributed by atoms with Crippen molar-refractivity contribution in [2.75, 3.05) is 25.5 Å². The number of nitrogens with two attached hydrogens (primary N) is 1. The molecule has 0 aromatic heterocycles. The molecule has 0 radical (unpaired) electrons. The van der Waals surface area contributed by atoms with Crippen LogP contribution in [0.4, 0.5) is 18.9 Å². The molecule has 1 aromatic rings. The summed E-state index contributed by atoms with van der Waals surface area (Å²) < 4.78 is 66.7. The van der Waals surface area contributed by atoms with Crippen molar-refractivity contribution in [3.05, 3.63) is 24.0 Å². The second kappa shape index (κ2) is 6.73. The van der Waals surface area contributed by atoms with Gasteiger partial charge in [0.1, 0.15) is 17.3 Å². The maximum atomic E-state index is 13.4. The number of alkyl halides is 2. The molecule has 0 unspecified atom stereocenters. The molecule has 1 aromatic carbocycles. The molecule has 0 aliphatic rings. The highest BCUT2D eigenvalue weighted by molar-refractivity contribution is 7.89. The summed E-state index contributed by atoms with van der Waals surface area (Å²) in [5.41, 5.74) is 5.39. The van der Waals surface area contributed by atoms with Crippen LogP contribution in [0, 0.1) is 5.82 Å². The molecule has 0 heterocycles. The Morgan fingerprint density at radius 1 is 1.37 bits per heavy atom. The van der Waals surface area contributed by atoms with Gasteiger partial charge in [-0.2, -0.15) is 0 Å². The van der Waals surface area contributed by atoms with E-state index in [-0.39, 0.29) is 18.8 Å². The van der Waals surface area contributed by atoms with Gasteiger partial charge in [-0.1, -0.05) is 0 Å². The standard InChI is InChI=1S/C10H13F3N2O3S/c11-8-5-7(14)1-2-9(8)19(16,17)15-3-4-18-6-10(12)13/h1-2,5,10,15H,3-4,6,14H2. The summed E-state index contributed by atoms with van der Waals surface area (Å²) in [6, 6.07) is 3.14. The van der Waals surface area contributed by atoms with E-state index in [2.05, 4.69) is 4.74 Å². The van der Waals surface area contributed by atoms with Crippen LogP contribution in [-0.4, -0.2) is 34.6 Å². The lowest BCUT2D eigenvalue weighted by atomic mass is 10.3. The molecule has 0 fully saturated rings. The Morgan fingerprint density at radius 2 is 2.05 bits per heavy atom. The van der Waals surface area contributed by atoms with E-state index < -0.39 is 33.8 Å². The lowest BCUT2D eigenvalue weighted by molar-refractivity contribution is 0.0199. The van der Waals surface area contributed by atoms with Crippen LogP contribution in [0.3, 0.4) is 0 Å². The number of nitrogen functional groups attached to an aromatic ring is 1. The number of sulfonamides is 1. The van der Waals surface area contributed by atoms with Crippen molar-refractivity contribution in [3.8, 4) is 0 Å². The molecule has 9 heteroatoms. The number of rotatable bonds is 7. The number of hydrogen-bond acceptors (Lipinski definition) is 4. The zero-order chi connectivity index (χ0) is 14.5. The van der Waals surface area contributed by atoms with Crippen LogP contribution in [0.5, 0.6) is 0 Å². The number of nitrogens with one attached hydrogen (secondary N) is 1. The van der Waals surface area contributed by atoms with Crippen molar-refractivity contribution >= 4 is 15.7 Å². The summed E-state index contributed by atoms with van der Waals surface area (Å²) in [7, 11) is -4.06. The summed E-state index contributed by atoms with van der Waals surface area (Å²) in [6.07, 6.45) is -2.62. The quantitative estimate of drug-likeness (QED) is 0.580. The number of anilines is 1.